The highest BCUT2D eigenvalue weighted by Gasteiger charge is 1.83. The van der Waals surface area contributed by atoms with Crippen molar-refractivity contribution >= 4 is 0 Å². The normalized spacial score (nSPS) is 10.4. The van der Waals surface area contributed by atoms with E-state index >= 15 is 0 Å². The van der Waals surface area contributed by atoms with Gasteiger partial charge in [-0.25, -0.2) is 0 Å². The lowest BCUT2D eigenvalue weighted by Gasteiger charge is -1.90. The Bertz CT molecular complexity index is 101. The molecule has 0 aromatic heterocycles. The summed E-state index contributed by atoms with van der Waals surface area (Å²) in [6.07, 6.45) is -1.23. The van der Waals surface area contributed by atoms with E-state index in [1.165, 1.54) is 6.92 Å². The average molecular weight is 316 g/mol. The van der Waals surface area contributed by atoms with Crippen LogP contribution in [0.25, 0.3) is 0 Å². The third-order valence-electron chi connectivity index (χ3n) is 0.264. The van der Waals surface area contributed by atoms with Crippen molar-refractivity contribution in [2.75, 3.05) is 6.61 Å². The third kappa shape index (κ3) is 2010. The maximum absolute atomic E-state index is 8.11. The molecule has 1 unspecified atom stereocenters. The third-order valence-corrected chi connectivity index (χ3v) is 0.264. The number of aliphatic hydroxyl groups excluding tert-OH is 6. The molecule has 0 rings (SSSR count). The second-order valence-corrected chi connectivity index (χ2v) is 5.41. The lowest BCUT2D eigenvalue weighted by atomic mass is 10.5. The summed E-state index contributed by atoms with van der Waals surface area (Å²) in [6, 6.07) is 0. The SMILES string of the molecule is CC(C)O.CC(C)O.CC(C)O.CC(C)O.CC(O)CO. The number of hydrogen-bond donors (Lipinski definition) is 6. The molecule has 0 amide bonds. The molecule has 0 radical (unpaired) electrons. The van der Waals surface area contributed by atoms with Crippen LogP contribution in [0.1, 0.15) is 62.3 Å². The number of hydrogen-bond acceptors (Lipinski definition) is 6. The second-order valence-electron chi connectivity index (χ2n) is 5.41. The molecule has 0 aliphatic rings. The molecular weight excluding hydrogens is 276 g/mol. The van der Waals surface area contributed by atoms with Crippen molar-refractivity contribution in [3.05, 3.63) is 0 Å². The van der Waals surface area contributed by atoms with E-state index in [4.69, 9.17) is 30.6 Å². The Balaban J connectivity index is -0.0000000510. The predicted octanol–water partition coefficient (Wildman–Crippen LogP) is 0.908. The van der Waals surface area contributed by atoms with E-state index in [0.717, 1.165) is 0 Å². The molecular formula is C15H40O6. The fourth-order valence-electron chi connectivity index (χ4n) is 0. The molecule has 0 aromatic rings. The van der Waals surface area contributed by atoms with E-state index in [2.05, 4.69) is 0 Å². The minimum Gasteiger partial charge on any atom is -0.394 e. The fraction of sp³-hybridized carbons (Fsp3) is 1.00. The first-order chi connectivity index (χ1) is 9.20. The highest BCUT2D eigenvalue weighted by atomic mass is 16.3. The van der Waals surface area contributed by atoms with Crippen molar-refractivity contribution in [2.45, 2.75) is 92.8 Å². The first-order valence-electron chi connectivity index (χ1n) is 7.21. The minimum absolute atomic E-state index is 0.139. The Labute approximate surface area is 131 Å². The zero-order valence-electron chi connectivity index (χ0n) is 15.3. The zero-order valence-corrected chi connectivity index (χ0v) is 15.3. The van der Waals surface area contributed by atoms with E-state index in [0.29, 0.717) is 0 Å². The molecule has 0 bridgehead atoms. The van der Waals surface area contributed by atoms with Gasteiger partial charge in [-0.2, -0.15) is 0 Å². The summed E-state index contributed by atoms with van der Waals surface area (Å²) in [5.74, 6) is 0. The van der Waals surface area contributed by atoms with E-state index < -0.39 is 6.10 Å². The molecule has 6 nitrogen and oxygen atoms in total. The van der Waals surface area contributed by atoms with E-state index in [9.17, 15) is 0 Å². The summed E-state index contributed by atoms with van der Waals surface area (Å²) < 4.78 is 0. The molecule has 136 valence electrons. The first-order valence-corrected chi connectivity index (χ1v) is 7.21. The molecule has 0 fully saturated rings. The van der Waals surface area contributed by atoms with Crippen LogP contribution >= 0.6 is 0 Å². The van der Waals surface area contributed by atoms with Crippen molar-refractivity contribution in [3.63, 3.8) is 0 Å². The van der Waals surface area contributed by atoms with Gasteiger partial charge in [-0.3, -0.25) is 0 Å². The zero-order chi connectivity index (χ0) is 18.6. The fourth-order valence-corrected chi connectivity index (χ4v) is 0. The first kappa shape index (κ1) is 32.6. The molecule has 0 aromatic carbocycles. The van der Waals surface area contributed by atoms with E-state index in [1.54, 1.807) is 55.4 Å². The summed E-state index contributed by atoms with van der Waals surface area (Å²) >= 11 is 0. The Morgan fingerprint density at radius 1 is 0.476 bits per heavy atom. The van der Waals surface area contributed by atoms with Crippen LogP contribution in [0.3, 0.4) is 0 Å². The highest BCUT2D eigenvalue weighted by molar-refractivity contribution is 4.34. The molecule has 0 saturated carbocycles. The van der Waals surface area contributed by atoms with E-state index in [-0.39, 0.29) is 31.0 Å². The van der Waals surface area contributed by atoms with Crippen molar-refractivity contribution in [2.24, 2.45) is 0 Å². The lowest BCUT2D eigenvalue weighted by Crippen LogP contribution is -2.03. The van der Waals surface area contributed by atoms with Crippen LogP contribution in [0.15, 0.2) is 0 Å². The van der Waals surface area contributed by atoms with Gasteiger partial charge in [0.05, 0.1) is 12.7 Å². The maximum Gasteiger partial charge on any atom is 0.0742 e. The van der Waals surface area contributed by atoms with Crippen molar-refractivity contribution < 1.29 is 30.6 Å². The Morgan fingerprint density at radius 2 is 0.524 bits per heavy atom. The van der Waals surface area contributed by atoms with Gasteiger partial charge in [0.1, 0.15) is 0 Å². The van der Waals surface area contributed by atoms with Gasteiger partial charge >= 0.3 is 0 Å². The maximum atomic E-state index is 8.11. The van der Waals surface area contributed by atoms with Crippen LogP contribution in [0, 0.1) is 0 Å². The van der Waals surface area contributed by atoms with Gasteiger partial charge in [0.25, 0.3) is 0 Å². The molecule has 0 spiro atoms. The van der Waals surface area contributed by atoms with Gasteiger partial charge in [-0.15, -0.1) is 0 Å². The number of rotatable bonds is 1. The number of aliphatic hydroxyl groups is 6. The smallest absolute Gasteiger partial charge is 0.0742 e. The molecule has 21 heavy (non-hydrogen) atoms. The van der Waals surface area contributed by atoms with Crippen LogP contribution < -0.4 is 0 Å². The molecule has 1 atom stereocenters. The van der Waals surface area contributed by atoms with Gasteiger partial charge in [0.2, 0.25) is 0 Å². The molecule has 6 heteroatoms. The van der Waals surface area contributed by atoms with Crippen LogP contribution in [0.5, 0.6) is 0 Å². The average Bonchev–Trinajstić information content (AvgIpc) is 2.13. The van der Waals surface area contributed by atoms with Gasteiger partial charge < -0.3 is 30.6 Å². The van der Waals surface area contributed by atoms with Crippen molar-refractivity contribution in [1.29, 1.82) is 0 Å². The summed E-state index contributed by atoms with van der Waals surface area (Å²) in [4.78, 5) is 0. The van der Waals surface area contributed by atoms with Crippen LogP contribution in [-0.4, -0.2) is 67.8 Å². The predicted molar refractivity (Wildman–Crippen MR) is 88.2 cm³/mol. The highest BCUT2D eigenvalue weighted by Crippen LogP contribution is 1.68. The summed E-state index contributed by atoms with van der Waals surface area (Å²) in [6.45, 7) is 15.2. The lowest BCUT2D eigenvalue weighted by molar-refractivity contribution is 0.110. The van der Waals surface area contributed by atoms with Crippen molar-refractivity contribution in [3.8, 4) is 0 Å². The summed E-state index contributed by atoms with van der Waals surface area (Å²) in [7, 11) is 0. The van der Waals surface area contributed by atoms with E-state index in [1.807, 2.05) is 0 Å². The summed E-state index contributed by atoms with van der Waals surface area (Å²) in [5.41, 5.74) is 0. The summed E-state index contributed by atoms with van der Waals surface area (Å²) in [5, 5.41) is 48.2. The molecule has 0 heterocycles. The molecule has 0 aliphatic carbocycles. The topological polar surface area (TPSA) is 121 Å². The standard InChI is InChI=1S/C3H8O2.4C3H8O/c1-3(5)2-4;4*1-3(2)4/h3-5H,2H2,1H3;4*3-4H,1-2H3. The molecule has 0 aliphatic heterocycles. The van der Waals surface area contributed by atoms with Crippen molar-refractivity contribution in [1.82, 2.24) is 0 Å². The largest absolute Gasteiger partial charge is 0.394 e. The van der Waals surface area contributed by atoms with Gasteiger partial charge in [0, 0.05) is 24.4 Å². The molecule has 6 N–H and O–H groups in total. The second kappa shape index (κ2) is 28.0. The van der Waals surface area contributed by atoms with Crippen LogP contribution in [-0.2, 0) is 0 Å². The Kier molecular flexibility index (Phi) is 43.5. The van der Waals surface area contributed by atoms with Gasteiger partial charge in [-0.1, -0.05) is 0 Å². The monoisotopic (exact) mass is 316 g/mol. The minimum atomic E-state index is -0.560. The van der Waals surface area contributed by atoms with Gasteiger partial charge in [-0.05, 0) is 62.3 Å². The van der Waals surface area contributed by atoms with Crippen LogP contribution in [0.4, 0.5) is 0 Å². The van der Waals surface area contributed by atoms with Gasteiger partial charge in [0.15, 0.2) is 0 Å². The molecule has 0 saturated heterocycles. The Morgan fingerprint density at radius 3 is 0.524 bits per heavy atom. The van der Waals surface area contributed by atoms with Crippen LogP contribution in [0.2, 0.25) is 0 Å². The Hall–Kier alpha value is -0.240. The quantitative estimate of drug-likeness (QED) is 0.427.